The van der Waals surface area contributed by atoms with Crippen LogP contribution in [0.15, 0.2) is 17.2 Å². The Kier molecular flexibility index (Phi) is 1.90. The Morgan fingerprint density at radius 1 is 1.31 bits per heavy atom. The molecule has 10 heteroatoms. The van der Waals surface area contributed by atoms with Crippen molar-refractivity contribution in [2.75, 3.05) is 0 Å². The monoisotopic (exact) mass is 225 g/mol. The first kappa shape index (κ1) is 9.76. The number of hydrogen-bond donors (Lipinski definition) is 1. The van der Waals surface area contributed by atoms with Crippen LogP contribution < -0.4 is 5.56 Å². The molecule has 2 heterocycles. The van der Waals surface area contributed by atoms with Crippen LogP contribution in [0.4, 0.5) is 11.5 Å². The number of fused-ring (bicyclic) bond motifs is 1. The fourth-order valence-corrected chi connectivity index (χ4v) is 1.32. The maximum absolute atomic E-state index is 11.3. The minimum atomic E-state index is -0.864. The smallest absolute Gasteiger partial charge is 0.336 e. The van der Waals surface area contributed by atoms with Crippen molar-refractivity contribution in [3.8, 4) is 0 Å². The van der Waals surface area contributed by atoms with Crippen LogP contribution in [0.3, 0.4) is 0 Å². The van der Waals surface area contributed by atoms with Gasteiger partial charge in [-0.1, -0.05) is 0 Å². The summed E-state index contributed by atoms with van der Waals surface area (Å²) in [5, 5.41) is 26.5. The van der Waals surface area contributed by atoms with Crippen molar-refractivity contribution >= 4 is 17.0 Å². The summed E-state index contributed by atoms with van der Waals surface area (Å²) >= 11 is 0. The van der Waals surface area contributed by atoms with Crippen molar-refractivity contribution in [1.29, 1.82) is 0 Å². The molecule has 0 aromatic carbocycles. The van der Waals surface area contributed by atoms with Gasteiger partial charge in [0.2, 0.25) is 6.33 Å². The summed E-state index contributed by atoms with van der Waals surface area (Å²) in [6.07, 6.45) is 0.932. The van der Waals surface area contributed by atoms with Gasteiger partial charge in [0.15, 0.2) is 0 Å². The Labute approximate surface area is 85.4 Å². The van der Waals surface area contributed by atoms with Crippen molar-refractivity contribution in [3.05, 3.63) is 43.0 Å². The first-order valence-electron chi connectivity index (χ1n) is 3.90. The van der Waals surface area contributed by atoms with E-state index in [0.717, 1.165) is 10.7 Å². The van der Waals surface area contributed by atoms with Crippen LogP contribution >= 0.6 is 0 Å². The molecule has 2 aromatic rings. The molecule has 0 atom stereocenters. The van der Waals surface area contributed by atoms with Gasteiger partial charge in [-0.3, -0.25) is 14.9 Å². The molecule has 0 radical (unpaired) electrons. The summed E-state index contributed by atoms with van der Waals surface area (Å²) in [6.45, 7) is 0. The highest BCUT2D eigenvalue weighted by molar-refractivity contribution is 5.69. The molecule has 0 aliphatic carbocycles. The number of H-pyrrole nitrogens is 1. The molecule has 0 saturated heterocycles. The normalized spacial score (nSPS) is 10.5. The molecule has 0 saturated carbocycles. The van der Waals surface area contributed by atoms with Gasteiger partial charge in [0, 0.05) is 0 Å². The molecule has 0 amide bonds. The zero-order valence-corrected chi connectivity index (χ0v) is 7.48. The average Bonchev–Trinajstić information content (AvgIpc) is 2.58. The number of aromatic nitrogens is 3. The second-order valence-corrected chi connectivity index (χ2v) is 2.81. The van der Waals surface area contributed by atoms with Crippen molar-refractivity contribution in [2.24, 2.45) is 0 Å². The Morgan fingerprint density at radius 3 is 2.56 bits per heavy atom. The van der Waals surface area contributed by atoms with E-state index in [2.05, 4.69) is 5.10 Å². The lowest BCUT2D eigenvalue weighted by Gasteiger charge is -1.90. The van der Waals surface area contributed by atoms with Crippen LogP contribution in [-0.4, -0.2) is 24.4 Å². The summed E-state index contributed by atoms with van der Waals surface area (Å²) in [7, 11) is 0. The molecular formula is C6H3N5O5. The Bertz CT molecular complexity index is 655. The molecule has 2 aromatic heterocycles. The third-order valence-electron chi connectivity index (χ3n) is 1.93. The van der Waals surface area contributed by atoms with E-state index < -0.39 is 32.4 Å². The third kappa shape index (κ3) is 1.20. The predicted molar refractivity (Wildman–Crippen MR) is 49.1 cm³/mol. The summed E-state index contributed by atoms with van der Waals surface area (Å²) in [5.41, 5.74) is -1.90. The van der Waals surface area contributed by atoms with E-state index in [1.54, 1.807) is 0 Å². The second-order valence-electron chi connectivity index (χ2n) is 2.81. The Balaban J connectivity index is 2.99. The summed E-state index contributed by atoms with van der Waals surface area (Å²) in [5.74, 6) is -0.583. The van der Waals surface area contributed by atoms with E-state index in [1.807, 2.05) is 5.10 Å². The lowest BCUT2D eigenvalue weighted by Crippen LogP contribution is -2.12. The molecule has 0 aliphatic heterocycles. The van der Waals surface area contributed by atoms with E-state index in [0.29, 0.717) is 6.07 Å². The van der Waals surface area contributed by atoms with Gasteiger partial charge >= 0.3 is 17.1 Å². The van der Waals surface area contributed by atoms with Crippen molar-refractivity contribution in [2.45, 2.75) is 0 Å². The lowest BCUT2D eigenvalue weighted by atomic mass is 10.4. The van der Waals surface area contributed by atoms with Crippen LogP contribution in [0.2, 0.25) is 0 Å². The number of rotatable bonds is 2. The van der Waals surface area contributed by atoms with Gasteiger partial charge in [-0.05, 0) is 4.92 Å². The molecular weight excluding hydrogens is 222 g/mol. The number of aromatic amines is 1. The average molecular weight is 225 g/mol. The maximum Gasteiger partial charge on any atom is 0.336 e. The highest BCUT2D eigenvalue weighted by Gasteiger charge is 2.28. The van der Waals surface area contributed by atoms with Crippen molar-refractivity contribution < 1.29 is 9.85 Å². The number of nitro groups is 2. The highest BCUT2D eigenvalue weighted by atomic mass is 16.6. The predicted octanol–water partition coefficient (Wildman–Crippen LogP) is -0.161. The van der Waals surface area contributed by atoms with E-state index in [4.69, 9.17) is 0 Å². The lowest BCUT2D eigenvalue weighted by molar-refractivity contribution is -0.393. The number of hydrogen-bond acceptors (Lipinski definition) is 6. The fraction of sp³-hybridized carbons (Fsp3) is 0. The molecule has 16 heavy (non-hydrogen) atoms. The molecule has 0 unspecified atom stereocenters. The minimum Gasteiger partial charge on any atom is -0.358 e. The maximum atomic E-state index is 11.3. The molecule has 10 nitrogen and oxygen atoms in total. The van der Waals surface area contributed by atoms with Gasteiger partial charge in [-0.25, -0.2) is 5.10 Å². The highest BCUT2D eigenvalue weighted by Crippen LogP contribution is 2.25. The molecule has 0 spiro atoms. The molecule has 82 valence electrons. The van der Waals surface area contributed by atoms with Gasteiger partial charge in [0.25, 0.3) is 5.52 Å². The Morgan fingerprint density at radius 2 is 2.00 bits per heavy atom. The fourth-order valence-electron chi connectivity index (χ4n) is 1.32. The van der Waals surface area contributed by atoms with Crippen LogP contribution in [0, 0.1) is 20.2 Å². The van der Waals surface area contributed by atoms with Gasteiger partial charge in [0.05, 0.1) is 4.92 Å². The summed E-state index contributed by atoms with van der Waals surface area (Å²) < 4.78 is 0.761. The SMILES string of the molecule is O=c1[nH]ncn2c([N+](=O)[O-])cc([N+](=O)[O-])c12. The first-order valence-corrected chi connectivity index (χ1v) is 3.90. The van der Waals surface area contributed by atoms with Crippen LogP contribution in [0.1, 0.15) is 0 Å². The zero-order valence-electron chi connectivity index (χ0n) is 7.48. The minimum absolute atomic E-state index is 0.410. The molecule has 0 fully saturated rings. The van der Waals surface area contributed by atoms with Crippen molar-refractivity contribution in [1.82, 2.24) is 14.6 Å². The quantitative estimate of drug-likeness (QED) is 0.556. The van der Waals surface area contributed by atoms with Gasteiger partial charge < -0.3 is 10.1 Å². The van der Waals surface area contributed by atoms with E-state index in [-0.39, 0.29) is 0 Å². The third-order valence-corrected chi connectivity index (χ3v) is 1.93. The number of nitrogens with zero attached hydrogens (tertiary/aromatic N) is 4. The zero-order chi connectivity index (χ0) is 11.9. The van der Waals surface area contributed by atoms with Gasteiger partial charge in [-0.15, -0.1) is 5.10 Å². The second kappa shape index (κ2) is 3.12. The molecule has 1 N–H and O–H groups in total. The van der Waals surface area contributed by atoms with E-state index >= 15 is 0 Å². The van der Waals surface area contributed by atoms with Gasteiger partial charge in [-0.2, -0.15) is 4.40 Å². The van der Waals surface area contributed by atoms with E-state index in [1.165, 1.54) is 0 Å². The van der Waals surface area contributed by atoms with Crippen LogP contribution in [-0.2, 0) is 0 Å². The van der Waals surface area contributed by atoms with Crippen LogP contribution in [0.5, 0.6) is 0 Å². The first-order chi connectivity index (χ1) is 7.52. The van der Waals surface area contributed by atoms with Gasteiger partial charge in [0.1, 0.15) is 6.07 Å². The number of nitrogens with one attached hydrogen (secondary N) is 1. The standard InChI is InChI=1S/C6H3N5O5/c12-6-5-3(10(13)14)1-4(11(15)16)9(5)2-7-8-6/h1-2H,(H,8,12). The summed E-state index contributed by atoms with van der Waals surface area (Å²) in [6, 6.07) is 0.715. The van der Waals surface area contributed by atoms with E-state index in [9.17, 15) is 25.0 Å². The van der Waals surface area contributed by atoms with Crippen LogP contribution in [0.25, 0.3) is 5.52 Å². The molecule has 2 rings (SSSR count). The molecule has 0 bridgehead atoms. The summed E-state index contributed by atoms with van der Waals surface area (Å²) in [4.78, 5) is 30.8. The Hall–Kier alpha value is -2.78. The largest absolute Gasteiger partial charge is 0.358 e. The van der Waals surface area contributed by atoms with Crippen molar-refractivity contribution in [3.63, 3.8) is 0 Å². The topological polar surface area (TPSA) is 136 Å². The molecule has 0 aliphatic rings.